The van der Waals surface area contributed by atoms with Crippen molar-refractivity contribution in [3.8, 4) is 0 Å². The number of aromatic nitrogens is 4. The summed E-state index contributed by atoms with van der Waals surface area (Å²) in [7, 11) is -3.15. The molecule has 0 spiro atoms. The Labute approximate surface area is 299 Å². The summed E-state index contributed by atoms with van der Waals surface area (Å²) in [5, 5.41) is 3.79. The zero-order chi connectivity index (χ0) is 36.0. The van der Waals surface area contributed by atoms with Gasteiger partial charge in [-0.2, -0.15) is 0 Å². The Morgan fingerprint density at radius 2 is 1.37 bits per heavy atom. The Kier molecular flexibility index (Phi) is 11.6. The van der Waals surface area contributed by atoms with Crippen LogP contribution in [0.15, 0.2) is 104 Å². The van der Waals surface area contributed by atoms with E-state index < -0.39 is 44.1 Å². The van der Waals surface area contributed by atoms with Crippen LogP contribution in [0, 0.1) is 0 Å². The predicted molar refractivity (Wildman–Crippen MR) is 197 cm³/mol. The van der Waals surface area contributed by atoms with Crippen LogP contribution in [0.2, 0.25) is 0 Å². The first-order valence-corrected chi connectivity index (χ1v) is 18.7. The second-order valence-corrected chi connectivity index (χ2v) is 13.7. The molecule has 2 saturated heterocycles. The summed E-state index contributed by atoms with van der Waals surface area (Å²) in [6.07, 6.45) is 0.789. The number of nitrogens with one attached hydrogen (secondary N) is 1. The maximum absolute atomic E-state index is 11.3. The number of nitrogens with zero attached hydrogens (tertiary/aromatic N) is 5. The van der Waals surface area contributed by atoms with Crippen molar-refractivity contribution in [2.24, 2.45) is 0 Å². The minimum atomic E-state index is -3.15. The highest BCUT2D eigenvalue weighted by Crippen LogP contribution is 2.45. The summed E-state index contributed by atoms with van der Waals surface area (Å²) in [5.74, 6) is -0.346. The molecule has 2 aromatic heterocycles. The Morgan fingerprint density at radius 3 is 1.86 bits per heavy atom. The van der Waals surface area contributed by atoms with Gasteiger partial charge in [0.2, 0.25) is 0 Å². The van der Waals surface area contributed by atoms with E-state index in [9.17, 15) is 9.46 Å². The smallest absolute Gasteiger partial charge is 0.316 e. The van der Waals surface area contributed by atoms with Gasteiger partial charge in [-0.3, -0.25) is 9.13 Å². The van der Waals surface area contributed by atoms with E-state index in [2.05, 4.69) is 77.4 Å². The van der Waals surface area contributed by atoms with Crippen molar-refractivity contribution >= 4 is 25.2 Å². The first-order valence-electron chi connectivity index (χ1n) is 17.4. The van der Waals surface area contributed by atoms with Gasteiger partial charge < -0.3 is 33.8 Å². The molecule has 51 heavy (non-hydrogen) atoms. The van der Waals surface area contributed by atoms with Crippen LogP contribution in [0.5, 0.6) is 0 Å². The summed E-state index contributed by atoms with van der Waals surface area (Å²) < 4.78 is 36.8. The fourth-order valence-electron chi connectivity index (χ4n) is 6.93. The van der Waals surface area contributed by atoms with E-state index in [1.165, 1.54) is 26.0 Å². The number of rotatable bonds is 12. The molecule has 0 saturated carbocycles. The summed E-state index contributed by atoms with van der Waals surface area (Å²) in [5.41, 5.74) is 3.32. The second kappa shape index (κ2) is 16.1. The van der Waals surface area contributed by atoms with Gasteiger partial charge in [0.1, 0.15) is 30.2 Å². The summed E-state index contributed by atoms with van der Waals surface area (Å²) in [6, 6.07) is 30.7. The Morgan fingerprint density at radius 1 is 0.843 bits per heavy atom. The third-order valence-electron chi connectivity index (χ3n) is 9.40. The van der Waals surface area contributed by atoms with Gasteiger partial charge in [-0.1, -0.05) is 112 Å². The van der Waals surface area contributed by atoms with E-state index in [1.54, 1.807) is 10.9 Å². The van der Waals surface area contributed by atoms with Crippen molar-refractivity contribution in [1.82, 2.24) is 24.4 Å². The lowest BCUT2D eigenvalue weighted by Gasteiger charge is -2.37. The molecule has 0 bridgehead atoms. The first kappa shape index (κ1) is 36.8. The number of fused-ring (bicyclic) bond motifs is 2. The Hall–Kier alpha value is -4.00. The highest BCUT2D eigenvalue weighted by Gasteiger charge is 2.56. The molecule has 4 heterocycles. The van der Waals surface area contributed by atoms with Gasteiger partial charge in [-0.05, 0) is 50.2 Å². The minimum absolute atomic E-state index is 0.117. The Bertz CT molecular complexity index is 1770. The summed E-state index contributed by atoms with van der Waals surface area (Å²) in [6.45, 7) is 13.6. The minimum Gasteiger partial charge on any atom is -0.351 e. The van der Waals surface area contributed by atoms with Gasteiger partial charge in [-0.15, -0.1) is 0 Å². The van der Waals surface area contributed by atoms with Crippen molar-refractivity contribution in [3.63, 3.8) is 0 Å². The molecule has 13 heteroatoms. The number of hydrogen-bond donors (Lipinski definition) is 2. The molecule has 0 aliphatic carbocycles. The normalized spacial score (nSPS) is 21.6. The fourth-order valence-corrected chi connectivity index (χ4v) is 7.24. The van der Waals surface area contributed by atoms with E-state index in [1.807, 2.05) is 68.4 Å². The summed E-state index contributed by atoms with van der Waals surface area (Å²) in [4.78, 5) is 25.7. The van der Waals surface area contributed by atoms with Crippen LogP contribution in [-0.2, 0) is 28.8 Å². The monoisotopic (exact) mass is 714 g/mol. The molecule has 0 amide bonds. The van der Waals surface area contributed by atoms with Crippen LogP contribution in [0.3, 0.4) is 0 Å². The third-order valence-corrected chi connectivity index (χ3v) is 9.81. The average Bonchev–Trinajstić information content (AvgIpc) is 3.82. The lowest BCUT2D eigenvalue weighted by molar-refractivity contribution is -0.198. The molecule has 5 aromatic rings. The van der Waals surface area contributed by atoms with Gasteiger partial charge in [0, 0.05) is 0 Å². The van der Waals surface area contributed by atoms with Gasteiger partial charge in [0.25, 0.3) is 0 Å². The maximum atomic E-state index is 11.3. The van der Waals surface area contributed by atoms with E-state index in [0.717, 1.165) is 16.7 Å². The van der Waals surface area contributed by atoms with Crippen LogP contribution < -0.4 is 5.32 Å². The highest BCUT2D eigenvalue weighted by atomic mass is 31.1. The SMILES string of the molecule is CC1(C)O[C@@H]2[C@H](O1)[C@@H](CO[PH](=O)O)O[C@H]2n1cnc2c(NC(c3ccccc3)(c3ccccc3)c3ccccc3)ncnc21.CCN(CC)CC. The largest absolute Gasteiger partial charge is 0.351 e. The lowest BCUT2D eigenvalue weighted by Crippen LogP contribution is -2.38. The molecule has 2 aliphatic heterocycles. The number of imidazole rings is 1. The molecule has 3 aromatic carbocycles. The molecule has 2 fully saturated rings. The van der Waals surface area contributed by atoms with E-state index in [-0.39, 0.29) is 6.61 Å². The molecule has 0 radical (unpaired) electrons. The average molecular weight is 715 g/mol. The van der Waals surface area contributed by atoms with Crippen LogP contribution in [0.1, 0.15) is 57.5 Å². The topological polar surface area (TPSA) is 133 Å². The van der Waals surface area contributed by atoms with E-state index >= 15 is 0 Å². The van der Waals surface area contributed by atoms with Gasteiger partial charge in [0.15, 0.2) is 29.0 Å². The number of ether oxygens (including phenoxy) is 3. The zero-order valence-electron chi connectivity index (χ0n) is 29.7. The number of hydrogen-bond acceptors (Lipinski definition) is 10. The molecule has 2 aliphatic rings. The van der Waals surface area contributed by atoms with Gasteiger partial charge >= 0.3 is 8.25 Å². The van der Waals surface area contributed by atoms with Crippen LogP contribution in [0.25, 0.3) is 11.2 Å². The highest BCUT2D eigenvalue weighted by molar-refractivity contribution is 7.32. The standard InChI is InChI=1S/C32H32N5O6P.C6H15N/c1-31(2)42-26-24(18-40-44(38)39)41-30(27(26)43-31)37-20-35-25-28(33-19-34-29(25)37)36-32(21-12-6-3-7-13-21,22-14-8-4-9-15-22)23-16-10-5-11-17-23;1-4-7(5-2)6-3/h3-17,19-20,24,26-27,30,44H,18H2,1-2H3,(H,38,39)(H,33,34,36);4-6H2,1-3H3/t24-,26-,27-,30-;/m1./s1. The van der Waals surface area contributed by atoms with Crippen LogP contribution in [0.4, 0.5) is 5.82 Å². The molecule has 5 atom stereocenters. The van der Waals surface area contributed by atoms with Crippen molar-refractivity contribution in [2.45, 2.75) is 70.5 Å². The van der Waals surface area contributed by atoms with Crippen LogP contribution >= 0.6 is 8.25 Å². The van der Waals surface area contributed by atoms with E-state index in [4.69, 9.17) is 23.7 Å². The quantitative estimate of drug-likeness (QED) is 0.110. The number of anilines is 1. The molecule has 1 unspecified atom stereocenters. The van der Waals surface area contributed by atoms with Crippen molar-refractivity contribution < 1.29 is 28.2 Å². The predicted octanol–water partition coefficient (Wildman–Crippen LogP) is 6.39. The van der Waals surface area contributed by atoms with Gasteiger partial charge in [0.05, 0.1) is 12.9 Å². The molecule has 270 valence electrons. The molecule has 12 nitrogen and oxygen atoms in total. The molecule has 7 rings (SSSR count). The Balaban J connectivity index is 0.000000582. The van der Waals surface area contributed by atoms with E-state index in [0.29, 0.717) is 17.0 Å². The lowest BCUT2D eigenvalue weighted by atomic mass is 9.77. The van der Waals surface area contributed by atoms with Gasteiger partial charge in [-0.25, -0.2) is 15.0 Å². The first-order chi connectivity index (χ1) is 24.7. The number of benzene rings is 3. The fraction of sp³-hybridized carbons (Fsp3) is 0.395. The zero-order valence-corrected chi connectivity index (χ0v) is 30.7. The van der Waals surface area contributed by atoms with Crippen molar-refractivity contribution in [3.05, 3.63) is 120 Å². The second-order valence-electron chi connectivity index (χ2n) is 12.8. The van der Waals surface area contributed by atoms with Crippen molar-refractivity contribution in [1.29, 1.82) is 0 Å². The van der Waals surface area contributed by atoms with Crippen molar-refractivity contribution in [2.75, 3.05) is 31.6 Å². The molecular formula is C38H47N6O6P. The molecule has 2 N–H and O–H groups in total. The summed E-state index contributed by atoms with van der Waals surface area (Å²) >= 11 is 0. The van der Waals surface area contributed by atoms with Crippen LogP contribution in [-0.4, -0.2) is 79.7 Å². The molecular weight excluding hydrogens is 667 g/mol. The third kappa shape index (κ3) is 7.78. The maximum Gasteiger partial charge on any atom is 0.316 e.